The predicted octanol–water partition coefficient (Wildman–Crippen LogP) is 0.333. The van der Waals surface area contributed by atoms with Gasteiger partial charge in [0.2, 0.25) is 0 Å². The van der Waals surface area contributed by atoms with Crippen molar-refractivity contribution in [3.8, 4) is 0 Å². The van der Waals surface area contributed by atoms with Gasteiger partial charge in [-0.25, -0.2) is 8.42 Å². The van der Waals surface area contributed by atoms with Gasteiger partial charge in [0, 0.05) is 12.0 Å². The fourth-order valence-corrected chi connectivity index (χ4v) is 1.78. The molecule has 0 aromatic carbocycles. The lowest BCUT2D eigenvalue weighted by molar-refractivity contribution is -0.0670. The smallest absolute Gasteiger partial charge is 0.147 e. The second-order valence-corrected chi connectivity index (χ2v) is 6.26. The Morgan fingerprint density at radius 3 is 2.29 bits per heavy atom. The summed E-state index contributed by atoms with van der Waals surface area (Å²) in [5.41, 5.74) is -1.11. The Hall–Kier alpha value is -0.130. The standard InChI is InChI=1S/C9H20O4S/c1-4-9(2,11)8(10)6-5-7-14(3,12)13/h8,10-11H,4-7H2,1-3H3. The van der Waals surface area contributed by atoms with Crippen LogP contribution in [0, 0.1) is 0 Å². The largest absolute Gasteiger partial charge is 0.390 e. The van der Waals surface area contributed by atoms with Crippen LogP contribution in [0.1, 0.15) is 33.1 Å². The molecule has 2 N–H and O–H groups in total. The molecule has 14 heavy (non-hydrogen) atoms. The van der Waals surface area contributed by atoms with Crippen LogP contribution in [-0.2, 0) is 9.84 Å². The SMILES string of the molecule is CCC(C)(O)C(O)CCCS(C)(=O)=O. The molecule has 0 saturated carbocycles. The van der Waals surface area contributed by atoms with Gasteiger partial charge < -0.3 is 10.2 Å². The van der Waals surface area contributed by atoms with Crippen molar-refractivity contribution in [2.75, 3.05) is 12.0 Å². The van der Waals surface area contributed by atoms with Crippen molar-refractivity contribution >= 4 is 9.84 Å². The third-order valence-corrected chi connectivity index (χ3v) is 3.46. The normalized spacial score (nSPS) is 18.9. The summed E-state index contributed by atoms with van der Waals surface area (Å²) in [5.74, 6) is 0.0594. The van der Waals surface area contributed by atoms with Gasteiger partial charge >= 0.3 is 0 Å². The van der Waals surface area contributed by atoms with E-state index in [0.717, 1.165) is 6.26 Å². The van der Waals surface area contributed by atoms with Crippen molar-refractivity contribution in [3.63, 3.8) is 0 Å². The molecule has 2 atom stereocenters. The van der Waals surface area contributed by atoms with E-state index in [1.165, 1.54) is 0 Å². The van der Waals surface area contributed by atoms with Crippen LogP contribution in [0.5, 0.6) is 0 Å². The Balaban J connectivity index is 3.92. The van der Waals surface area contributed by atoms with Crippen LogP contribution >= 0.6 is 0 Å². The fourth-order valence-electron chi connectivity index (χ4n) is 1.09. The summed E-state index contributed by atoms with van der Waals surface area (Å²) in [6.07, 6.45) is 1.46. The first-order valence-electron chi connectivity index (χ1n) is 4.77. The van der Waals surface area contributed by atoms with Gasteiger partial charge in [-0.1, -0.05) is 6.92 Å². The average molecular weight is 224 g/mol. The molecule has 0 saturated heterocycles. The highest BCUT2D eigenvalue weighted by molar-refractivity contribution is 7.90. The van der Waals surface area contributed by atoms with E-state index in [0.29, 0.717) is 19.3 Å². The van der Waals surface area contributed by atoms with Gasteiger partial charge in [-0.05, 0) is 26.2 Å². The zero-order valence-corrected chi connectivity index (χ0v) is 9.84. The maximum atomic E-state index is 10.8. The number of rotatable bonds is 6. The molecule has 0 rings (SSSR count). The van der Waals surface area contributed by atoms with Crippen LogP contribution < -0.4 is 0 Å². The van der Waals surface area contributed by atoms with E-state index in [1.54, 1.807) is 13.8 Å². The lowest BCUT2D eigenvalue weighted by Gasteiger charge is -2.27. The van der Waals surface area contributed by atoms with Crippen LogP contribution in [0.25, 0.3) is 0 Å². The van der Waals surface area contributed by atoms with E-state index in [-0.39, 0.29) is 5.75 Å². The highest BCUT2D eigenvalue weighted by Gasteiger charge is 2.27. The number of sulfone groups is 1. The van der Waals surface area contributed by atoms with Gasteiger partial charge in [-0.3, -0.25) is 0 Å². The summed E-state index contributed by atoms with van der Waals surface area (Å²) in [7, 11) is -2.96. The lowest BCUT2D eigenvalue weighted by atomic mass is 9.93. The zero-order valence-electron chi connectivity index (χ0n) is 9.02. The van der Waals surface area contributed by atoms with Crippen LogP contribution in [0.4, 0.5) is 0 Å². The lowest BCUT2D eigenvalue weighted by Crippen LogP contribution is -2.38. The van der Waals surface area contributed by atoms with E-state index in [9.17, 15) is 18.6 Å². The van der Waals surface area contributed by atoms with Gasteiger partial charge in [-0.15, -0.1) is 0 Å². The minimum Gasteiger partial charge on any atom is -0.390 e. The Bertz CT molecular complexity index is 256. The number of hydrogen-bond donors (Lipinski definition) is 2. The van der Waals surface area contributed by atoms with Gasteiger partial charge in [0.15, 0.2) is 0 Å². The molecule has 0 aliphatic rings. The summed E-state index contributed by atoms with van der Waals surface area (Å²) < 4.78 is 21.6. The Labute approximate surface area is 85.9 Å². The monoisotopic (exact) mass is 224 g/mol. The van der Waals surface area contributed by atoms with Gasteiger partial charge in [0.1, 0.15) is 9.84 Å². The van der Waals surface area contributed by atoms with E-state index < -0.39 is 21.5 Å². The van der Waals surface area contributed by atoms with Crippen LogP contribution in [0.15, 0.2) is 0 Å². The topological polar surface area (TPSA) is 74.6 Å². The molecule has 5 heteroatoms. The minimum absolute atomic E-state index is 0.0594. The third kappa shape index (κ3) is 5.57. The van der Waals surface area contributed by atoms with Crippen molar-refractivity contribution in [2.45, 2.75) is 44.8 Å². The van der Waals surface area contributed by atoms with E-state index >= 15 is 0 Å². The molecule has 0 fully saturated rings. The quantitative estimate of drug-likeness (QED) is 0.682. The molecule has 0 spiro atoms. The predicted molar refractivity (Wildman–Crippen MR) is 55.9 cm³/mol. The molecule has 0 radical (unpaired) electrons. The average Bonchev–Trinajstić information content (AvgIpc) is 2.02. The van der Waals surface area contributed by atoms with Gasteiger partial charge in [0.05, 0.1) is 11.7 Å². The molecule has 0 bridgehead atoms. The van der Waals surface area contributed by atoms with Gasteiger partial charge in [0.25, 0.3) is 0 Å². The van der Waals surface area contributed by atoms with Crippen LogP contribution in [0.2, 0.25) is 0 Å². The molecular formula is C9H20O4S. The molecule has 0 heterocycles. The highest BCUT2D eigenvalue weighted by atomic mass is 32.2. The van der Waals surface area contributed by atoms with Crippen LogP contribution in [-0.4, -0.2) is 42.3 Å². The molecule has 2 unspecified atom stereocenters. The summed E-state index contributed by atoms with van der Waals surface area (Å²) in [6, 6.07) is 0. The molecule has 4 nitrogen and oxygen atoms in total. The first-order valence-corrected chi connectivity index (χ1v) is 6.83. The van der Waals surface area contributed by atoms with Crippen molar-refractivity contribution in [2.24, 2.45) is 0 Å². The molecular weight excluding hydrogens is 204 g/mol. The number of aliphatic hydroxyl groups is 2. The number of aliphatic hydroxyl groups excluding tert-OH is 1. The molecule has 0 aliphatic carbocycles. The molecule has 0 amide bonds. The van der Waals surface area contributed by atoms with Crippen molar-refractivity contribution in [3.05, 3.63) is 0 Å². The van der Waals surface area contributed by atoms with Crippen molar-refractivity contribution in [1.82, 2.24) is 0 Å². The van der Waals surface area contributed by atoms with Gasteiger partial charge in [-0.2, -0.15) is 0 Å². The molecule has 0 aromatic rings. The summed E-state index contributed by atoms with van der Waals surface area (Å²) in [5, 5.41) is 19.2. The Kier molecular flexibility index (Phi) is 5.05. The first kappa shape index (κ1) is 13.9. The minimum atomic E-state index is -2.96. The summed E-state index contributed by atoms with van der Waals surface area (Å²) in [4.78, 5) is 0. The Morgan fingerprint density at radius 1 is 1.43 bits per heavy atom. The van der Waals surface area contributed by atoms with E-state index in [1.807, 2.05) is 0 Å². The number of hydrogen-bond acceptors (Lipinski definition) is 4. The maximum Gasteiger partial charge on any atom is 0.147 e. The second-order valence-electron chi connectivity index (χ2n) is 4.00. The first-order chi connectivity index (χ1) is 6.19. The van der Waals surface area contributed by atoms with E-state index in [2.05, 4.69) is 0 Å². The summed E-state index contributed by atoms with van der Waals surface area (Å²) >= 11 is 0. The highest BCUT2D eigenvalue weighted by Crippen LogP contribution is 2.18. The maximum absolute atomic E-state index is 10.8. The Morgan fingerprint density at radius 2 is 1.93 bits per heavy atom. The van der Waals surface area contributed by atoms with Crippen molar-refractivity contribution < 1.29 is 18.6 Å². The van der Waals surface area contributed by atoms with Crippen molar-refractivity contribution in [1.29, 1.82) is 0 Å². The molecule has 0 aromatic heterocycles. The zero-order chi connectivity index (χ0) is 11.4. The molecule has 0 aliphatic heterocycles. The fraction of sp³-hybridized carbons (Fsp3) is 1.00. The van der Waals surface area contributed by atoms with E-state index in [4.69, 9.17) is 0 Å². The van der Waals surface area contributed by atoms with Crippen LogP contribution in [0.3, 0.4) is 0 Å². The third-order valence-electron chi connectivity index (χ3n) is 2.43. The molecule has 86 valence electrons. The second kappa shape index (κ2) is 5.09. The summed E-state index contributed by atoms with van der Waals surface area (Å²) in [6.45, 7) is 3.33.